The van der Waals surface area contributed by atoms with Gasteiger partial charge in [-0.15, -0.1) is 0 Å². The third kappa shape index (κ3) is 2.59. The van der Waals surface area contributed by atoms with Crippen LogP contribution in [0.3, 0.4) is 0 Å². The van der Waals surface area contributed by atoms with E-state index >= 15 is 0 Å². The molecule has 1 aromatic carbocycles. The molecule has 0 bridgehead atoms. The Bertz CT molecular complexity index is 1070. The van der Waals surface area contributed by atoms with E-state index in [0.717, 1.165) is 18.6 Å². The summed E-state index contributed by atoms with van der Waals surface area (Å²) in [6.07, 6.45) is -2.47. The Kier molecular flexibility index (Phi) is 3.77. The number of rotatable bonds is 3. The number of aliphatic hydroxyl groups excluding tert-OH is 1. The van der Waals surface area contributed by atoms with Gasteiger partial charge in [0.1, 0.15) is 11.1 Å². The normalized spacial score (nSPS) is 16.4. The first-order valence-electron chi connectivity index (χ1n) is 8.26. The van der Waals surface area contributed by atoms with Crippen molar-refractivity contribution in [2.75, 3.05) is 0 Å². The number of fused-ring (bicyclic) bond motifs is 1. The van der Waals surface area contributed by atoms with Gasteiger partial charge in [0, 0.05) is 0 Å². The van der Waals surface area contributed by atoms with Crippen LogP contribution in [0, 0.1) is 0 Å². The number of benzene rings is 1. The summed E-state index contributed by atoms with van der Waals surface area (Å²) in [6.45, 7) is -0.512. The molecule has 0 radical (unpaired) electrons. The summed E-state index contributed by atoms with van der Waals surface area (Å²) >= 11 is 0. The lowest BCUT2D eigenvalue weighted by atomic mass is 9.71. The van der Waals surface area contributed by atoms with Crippen molar-refractivity contribution in [1.29, 1.82) is 0 Å². The number of aromatic hydroxyl groups is 1. The van der Waals surface area contributed by atoms with Crippen LogP contribution in [0.2, 0.25) is 0 Å². The third-order valence-electron chi connectivity index (χ3n) is 5.08. The van der Waals surface area contributed by atoms with Crippen molar-refractivity contribution in [1.82, 2.24) is 19.7 Å². The van der Waals surface area contributed by atoms with Gasteiger partial charge in [-0.2, -0.15) is 23.3 Å². The highest BCUT2D eigenvalue weighted by Gasteiger charge is 2.44. The second kappa shape index (κ2) is 5.81. The monoisotopic (exact) mass is 380 g/mol. The Morgan fingerprint density at radius 1 is 1.22 bits per heavy atom. The Morgan fingerprint density at radius 2 is 1.89 bits per heavy atom. The van der Waals surface area contributed by atoms with Gasteiger partial charge in [-0.1, -0.05) is 12.1 Å². The van der Waals surface area contributed by atoms with Crippen LogP contribution >= 0.6 is 0 Å². The number of aromatic amines is 1. The van der Waals surface area contributed by atoms with Crippen LogP contribution < -0.4 is 5.56 Å². The summed E-state index contributed by atoms with van der Waals surface area (Å²) in [5, 5.41) is 23.6. The van der Waals surface area contributed by atoms with E-state index in [-0.39, 0.29) is 16.7 Å². The molecule has 0 spiro atoms. The Hall–Kier alpha value is -2.88. The second-order valence-electron chi connectivity index (χ2n) is 6.56. The average Bonchev–Trinajstić information content (AvgIpc) is 2.93. The molecular formula is C17H15F3N4O3. The molecule has 0 atom stereocenters. The van der Waals surface area contributed by atoms with Crippen molar-refractivity contribution in [2.45, 2.75) is 37.6 Å². The molecule has 1 aliphatic rings. The molecule has 1 fully saturated rings. The van der Waals surface area contributed by atoms with E-state index in [1.165, 1.54) is 16.8 Å². The molecule has 2 heterocycles. The molecule has 3 aromatic rings. The fourth-order valence-corrected chi connectivity index (χ4v) is 3.59. The van der Waals surface area contributed by atoms with Crippen molar-refractivity contribution in [3.63, 3.8) is 0 Å². The molecule has 142 valence electrons. The summed E-state index contributed by atoms with van der Waals surface area (Å²) in [5.74, 6) is 0. The van der Waals surface area contributed by atoms with Gasteiger partial charge < -0.3 is 10.2 Å². The van der Waals surface area contributed by atoms with Gasteiger partial charge >= 0.3 is 6.18 Å². The van der Waals surface area contributed by atoms with E-state index in [1.54, 1.807) is 0 Å². The van der Waals surface area contributed by atoms with Crippen LogP contribution in [0.1, 0.15) is 36.1 Å². The van der Waals surface area contributed by atoms with E-state index in [2.05, 4.69) is 15.1 Å². The molecule has 3 N–H and O–H groups in total. The first kappa shape index (κ1) is 17.5. The van der Waals surface area contributed by atoms with Gasteiger partial charge in [-0.25, -0.2) is 4.68 Å². The fraction of sp³-hybridized carbons (Fsp3) is 0.353. The highest BCUT2D eigenvalue weighted by atomic mass is 19.4. The number of aromatic nitrogens is 4. The maximum Gasteiger partial charge on any atom is 0.416 e. The molecule has 27 heavy (non-hydrogen) atoms. The van der Waals surface area contributed by atoms with E-state index in [1.807, 2.05) is 0 Å². The third-order valence-corrected chi connectivity index (χ3v) is 5.08. The standard InChI is InChI=1S/C17H15F3N4O3/c18-17(19,20)10-4-2-9(3-5-10)16(6-1-7-16)24-13-12(11(8-25)23-24)14(26)22-15(27)21-13/h2-5,25H,1,6-8H2,(H2,21,22,26,27). The number of alkyl halides is 3. The minimum Gasteiger partial charge on any atom is -0.480 e. The van der Waals surface area contributed by atoms with E-state index in [9.17, 15) is 28.2 Å². The zero-order valence-corrected chi connectivity index (χ0v) is 13.9. The van der Waals surface area contributed by atoms with Crippen LogP contribution in [-0.2, 0) is 18.3 Å². The van der Waals surface area contributed by atoms with Gasteiger partial charge in [0.15, 0.2) is 5.65 Å². The minimum absolute atomic E-state index is 0.0495. The first-order chi connectivity index (χ1) is 12.8. The maximum atomic E-state index is 12.9. The lowest BCUT2D eigenvalue weighted by molar-refractivity contribution is -0.137. The van der Waals surface area contributed by atoms with Crippen LogP contribution in [0.4, 0.5) is 13.2 Å². The Balaban J connectivity index is 1.92. The number of halogens is 3. The summed E-state index contributed by atoms with van der Waals surface area (Å²) in [6, 6.07) is 4.19. The van der Waals surface area contributed by atoms with Crippen molar-refractivity contribution >= 4 is 11.0 Å². The Morgan fingerprint density at radius 3 is 2.41 bits per heavy atom. The SMILES string of the molecule is O=c1[nH]c(O)nc2c1c(CO)nn2C1(c2ccc(C(F)(F)F)cc2)CCC1. The van der Waals surface area contributed by atoms with Crippen molar-refractivity contribution in [2.24, 2.45) is 0 Å². The van der Waals surface area contributed by atoms with Crippen LogP contribution in [0.5, 0.6) is 6.01 Å². The van der Waals surface area contributed by atoms with E-state index in [4.69, 9.17) is 0 Å². The van der Waals surface area contributed by atoms with Crippen molar-refractivity contribution in [3.8, 4) is 6.01 Å². The topological polar surface area (TPSA) is 104 Å². The number of hydrogen-bond acceptors (Lipinski definition) is 5. The minimum atomic E-state index is -4.44. The molecule has 2 aromatic heterocycles. The molecule has 10 heteroatoms. The smallest absolute Gasteiger partial charge is 0.416 e. The number of nitrogens with zero attached hydrogens (tertiary/aromatic N) is 3. The largest absolute Gasteiger partial charge is 0.480 e. The quantitative estimate of drug-likeness (QED) is 0.647. The zero-order chi connectivity index (χ0) is 19.4. The van der Waals surface area contributed by atoms with Gasteiger partial charge in [0.2, 0.25) is 0 Å². The molecular weight excluding hydrogens is 365 g/mol. The van der Waals surface area contributed by atoms with E-state index in [0.29, 0.717) is 18.4 Å². The number of hydrogen-bond donors (Lipinski definition) is 3. The van der Waals surface area contributed by atoms with Crippen LogP contribution in [0.15, 0.2) is 29.1 Å². The second-order valence-corrected chi connectivity index (χ2v) is 6.56. The summed E-state index contributed by atoms with van der Waals surface area (Å²) < 4.78 is 40.0. The highest BCUT2D eigenvalue weighted by molar-refractivity contribution is 5.78. The van der Waals surface area contributed by atoms with Gasteiger partial charge in [0.05, 0.1) is 17.7 Å². The fourth-order valence-electron chi connectivity index (χ4n) is 3.59. The molecule has 0 aliphatic heterocycles. The molecule has 4 rings (SSSR count). The summed E-state index contributed by atoms with van der Waals surface area (Å²) in [5.41, 5.74) is -1.42. The van der Waals surface area contributed by atoms with Gasteiger partial charge in [-0.3, -0.25) is 9.78 Å². The predicted molar refractivity (Wildman–Crippen MR) is 88.1 cm³/mol. The maximum absolute atomic E-state index is 12.9. The van der Waals surface area contributed by atoms with Gasteiger partial charge in [-0.05, 0) is 37.0 Å². The molecule has 1 saturated carbocycles. The molecule has 1 aliphatic carbocycles. The number of aliphatic hydroxyl groups is 1. The van der Waals surface area contributed by atoms with Crippen molar-refractivity contribution < 1.29 is 23.4 Å². The average molecular weight is 380 g/mol. The molecule has 0 amide bonds. The van der Waals surface area contributed by atoms with Crippen molar-refractivity contribution in [3.05, 3.63) is 51.4 Å². The van der Waals surface area contributed by atoms with E-state index < -0.39 is 35.5 Å². The first-order valence-corrected chi connectivity index (χ1v) is 8.26. The lowest BCUT2D eigenvalue weighted by Crippen LogP contribution is -2.42. The molecule has 7 nitrogen and oxygen atoms in total. The summed E-state index contributed by atoms with van der Waals surface area (Å²) in [4.78, 5) is 18.3. The molecule has 0 unspecified atom stereocenters. The Labute approximate surface area is 150 Å². The highest BCUT2D eigenvalue weighted by Crippen LogP contribution is 2.46. The van der Waals surface area contributed by atoms with Crippen LogP contribution in [0.25, 0.3) is 11.0 Å². The van der Waals surface area contributed by atoms with Crippen LogP contribution in [-0.4, -0.2) is 30.0 Å². The lowest BCUT2D eigenvalue weighted by Gasteiger charge is -2.42. The zero-order valence-electron chi connectivity index (χ0n) is 13.9. The number of H-pyrrole nitrogens is 1. The van der Waals surface area contributed by atoms with Gasteiger partial charge in [0.25, 0.3) is 11.6 Å². The number of nitrogens with one attached hydrogen (secondary N) is 1. The summed E-state index contributed by atoms with van der Waals surface area (Å²) in [7, 11) is 0. The molecule has 0 saturated heterocycles. The predicted octanol–water partition coefficient (Wildman–Crippen LogP) is 2.26.